The van der Waals surface area contributed by atoms with E-state index < -0.39 is 17.3 Å². The third kappa shape index (κ3) is 2.01. The van der Waals surface area contributed by atoms with Crippen molar-refractivity contribution in [3.63, 3.8) is 0 Å². The summed E-state index contributed by atoms with van der Waals surface area (Å²) in [5.74, 6) is -1.47. The van der Waals surface area contributed by atoms with E-state index in [0.717, 1.165) is 10.7 Å². The van der Waals surface area contributed by atoms with Crippen molar-refractivity contribution in [2.75, 3.05) is 0 Å². The van der Waals surface area contributed by atoms with Crippen LogP contribution in [0.25, 0.3) is 5.65 Å². The normalized spacial score (nSPS) is 11.2. The lowest BCUT2D eigenvalue weighted by Crippen LogP contribution is -2.22. The third-order valence-corrected chi connectivity index (χ3v) is 3.45. The van der Waals surface area contributed by atoms with Crippen molar-refractivity contribution < 1.29 is 8.78 Å². The zero-order valence-corrected chi connectivity index (χ0v) is 11.5. The maximum Gasteiger partial charge on any atom is 0.350 e. The van der Waals surface area contributed by atoms with Gasteiger partial charge in [-0.05, 0) is 28.1 Å². The van der Waals surface area contributed by atoms with Gasteiger partial charge in [-0.3, -0.25) is 4.98 Å². The van der Waals surface area contributed by atoms with Gasteiger partial charge in [0, 0.05) is 18.0 Å². The highest BCUT2D eigenvalue weighted by Crippen LogP contribution is 2.21. The molecule has 0 saturated heterocycles. The Morgan fingerprint density at radius 2 is 2.10 bits per heavy atom. The topological polar surface area (TPSA) is 52.2 Å². The summed E-state index contributed by atoms with van der Waals surface area (Å²) < 4.78 is 29.9. The second kappa shape index (κ2) is 4.78. The van der Waals surface area contributed by atoms with Gasteiger partial charge >= 0.3 is 5.69 Å². The standard InChI is InChI=1S/C12H7BrF2N4O/c13-8-1-2-9(14)7(11(8)15)6-19-12(20)18-4-3-16-5-10(18)17-19/h1-5H,6H2. The Bertz CT molecular complexity index is 858. The lowest BCUT2D eigenvalue weighted by Gasteiger charge is -2.05. The molecule has 0 spiro atoms. The van der Waals surface area contributed by atoms with E-state index in [9.17, 15) is 13.6 Å². The minimum Gasteiger partial charge on any atom is -0.259 e. The second-order valence-corrected chi connectivity index (χ2v) is 4.92. The summed E-state index contributed by atoms with van der Waals surface area (Å²) in [4.78, 5) is 15.9. The maximum absolute atomic E-state index is 13.9. The van der Waals surface area contributed by atoms with Crippen LogP contribution in [0.3, 0.4) is 0 Å². The van der Waals surface area contributed by atoms with E-state index in [0.29, 0.717) is 5.65 Å². The molecule has 8 heteroatoms. The summed E-state index contributed by atoms with van der Waals surface area (Å²) in [5.41, 5.74) is -0.396. The average Bonchev–Trinajstić information content (AvgIpc) is 2.76. The van der Waals surface area contributed by atoms with Crippen LogP contribution in [0.4, 0.5) is 8.78 Å². The van der Waals surface area contributed by atoms with Gasteiger partial charge in [0.15, 0.2) is 5.65 Å². The molecule has 102 valence electrons. The van der Waals surface area contributed by atoms with Gasteiger partial charge in [-0.15, -0.1) is 5.10 Å². The fourth-order valence-corrected chi connectivity index (χ4v) is 2.22. The van der Waals surface area contributed by atoms with Crippen molar-refractivity contribution in [1.29, 1.82) is 0 Å². The second-order valence-electron chi connectivity index (χ2n) is 4.07. The van der Waals surface area contributed by atoms with Gasteiger partial charge in [0.2, 0.25) is 0 Å². The number of nitrogens with zero attached hydrogens (tertiary/aromatic N) is 4. The van der Waals surface area contributed by atoms with Gasteiger partial charge in [-0.1, -0.05) is 0 Å². The Hall–Kier alpha value is -2.09. The van der Waals surface area contributed by atoms with Crippen molar-refractivity contribution in [2.45, 2.75) is 6.54 Å². The molecule has 0 amide bonds. The number of fused-ring (bicyclic) bond motifs is 1. The first-order chi connectivity index (χ1) is 9.58. The fraction of sp³-hybridized carbons (Fsp3) is 0.0833. The zero-order chi connectivity index (χ0) is 14.3. The number of benzene rings is 1. The van der Waals surface area contributed by atoms with Crippen molar-refractivity contribution in [3.05, 3.63) is 62.9 Å². The number of hydrogen-bond donors (Lipinski definition) is 0. The molecule has 0 aliphatic rings. The Morgan fingerprint density at radius 1 is 1.30 bits per heavy atom. The first kappa shape index (κ1) is 12.9. The van der Waals surface area contributed by atoms with E-state index in [-0.39, 0.29) is 16.6 Å². The van der Waals surface area contributed by atoms with Crippen molar-refractivity contribution in [1.82, 2.24) is 19.2 Å². The Morgan fingerprint density at radius 3 is 2.85 bits per heavy atom. The molecule has 2 aromatic heterocycles. The molecule has 0 fully saturated rings. The lowest BCUT2D eigenvalue weighted by atomic mass is 10.2. The molecule has 3 aromatic rings. The molecule has 2 heterocycles. The van der Waals surface area contributed by atoms with Crippen LogP contribution in [0.15, 0.2) is 40.0 Å². The van der Waals surface area contributed by atoms with Crippen LogP contribution >= 0.6 is 15.9 Å². The molecule has 0 bridgehead atoms. The SMILES string of the molecule is O=c1n(Cc2c(F)ccc(Br)c2F)nc2cnccn12. The van der Waals surface area contributed by atoms with Gasteiger partial charge in [-0.25, -0.2) is 22.7 Å². The van der Waals surface area contributed by atoms with Gasteiger partial charge in [0.1, 0.15) is 11.6 Å². The highest BCUT2D eigenvalue weighted by molar-refractivity contribution is 9.10. The predicted molar refractivity (Wildman–Crippen MR) is 70.4 cm³/mol. The first-order valence-electron chi connectivity index (χ1n) is 5.59. The lowest BCUT2D eigenvalue weighted by molar-refractivity contribution is 0.524. The number of aromatic nitrogens is 4. The highest BCUT2D eigenvalue weighted by Gasteiger charge is 2.15. The predicted octanol–water partition coefficient (Wildman–Crippen LogP) is 1.98. The van der Waals surface area contributed by atoms with Crippen LogP contribution < -0.4 is 5.69 Å². The quantitative estimate of drug-likeness (QED) is 0.670. The molecule has 0 saturated carbocycles. The van der Waals surface area contributed by atoms with Crippen LogP contribution in [0.1, 0.15) is 5.56 Å². The summed E-state index contributed by atoms with van der Waals surface area (Å²) in [5, 5.41) is 3.98. The van der Waals surface area contributed by atoms with Crippen molar-refractivity contribution >= 4 is 21.6 Å². The number of rotatable bonds is 2. The van der Waals surface area contributed by atoms with Crippen LogP contribution in [-0.4, -0.2) is 19.2 Å². The molecular weight excluding hydrogens is 334 g/mol. The monoisotopic (exact) mass is 340 g/mol. The molecule has 0 aliphatic carbocycles. The Kier molecular flexibility index (Phi) is 3.09. The smallest absolute Gasteiger partial charge is 0.259 e. The number of hydrogen-bond acceptors (Lipinski definition) is 3. The largest absolute Gasteiger partial charge is 0.350 e. The van der Waals surface area contributed by atoms with Crippen LogP contribution in [0.2, 0.25) is 0 Å². The molecule has 5 nitrogen and oxygen atoms in total. The van der Waals surface area contributed by atoms with Crippen molar-refractivity contribution in [2.24, 2.45) is 0 Å². The summed E-state index contributed by atoms with van der Waals surface area (Å²) in [6, 6.07) is 2.40. The summed E-state index contributed by atoms with van der Waals surface area (Å²) >= 11 is 2.98. The molecular formula is C12H7BrF2N4O. The average molecular weight is 341 g/mol. The summed E-state index contributed by atoms with van der Waals surface area (Å²) in [6.45, 7) is -0.294. The Balaban J connectivity index is 2.13. The highest BCUT2D eigenvalue weighted by atomic mass is 79.9. The molecule has 3 rings (SSSR count). The minimum atomic E-state index is -0.743. The molecule has 1 aromatic carbocycles. The third-order valence-electron chi connectivity index (χ3n) is 2.84. The van der Waals surface area contributed by atoms with E-state index in [1.54, 1.807) is 0 Å². The molecule has 0 N–H and O–H groups in total. The van der Waals surface area contributed by atoms with E-state index in [4.69, 9.17) is 0 Å². The Labute approximate surface area is 119 Å². The molecule has 20 heavy (non-hydrogen) atoms. The van der Waals surface area contributed by atoms with Crippen LogP contribution in [-0.2, 0) is 6.54 Å². The minimum absolute atomic E-state index is 0.132. The van der Waals surface area contributed by atoms with E-state index >= 15 is 0 Å². The molecule has 0 atom stereocenters. The van der Waals surface area contributed by atoms with Crippen molar-refractivity contribution in [3.8, 4) is 0 Å². The molecule has 0 aliphatic heterocycles. The zero-order valence-electron chi connectivity index (χ0n) is 9.92. The summed E-state index contributed by atoms with van der Waals surface area (Å²) in [7, 11) is 0. The van der Waals surface area contributed by atoms with E-state index in [1.165, 1.54) is 29.1 Å². The first-order valence-corrected chi connectivity index (χ1v) is 6.39. The van der Waals surface area contributed by atoms with Crippen LogP contribution in [0, 0.1) is 11.6 Å². The molecule has 0 unspecified atom stereocenters. The molecule has 0 radical (unpaired) electrons. The van der Waals surface area contributed by atoms with Gasteiger partial charge in [0.05, 0.1) is 17.2 Å². The van der Waals surface area contributed by atoms with Gasteiger partial charge in [-0.2, -0.15) is 0 Å². The number of halogens is 3. The summed E-state index contributed by atoms with van der Waals surface area (Å²) in [6.07, 6.45) is 4.26. The van der Waals surface area contributed by atoms with E-state index in [1.807, 2.05) is 0 Å². The van der Waals surface area contributed by atoms with Crippen LogP contribution in [0.5, 0.6) is 0 Å². The van der Waals surface area contributed by atoms with Gasteiger partial charge < -0.3 is 0 Å². The van der Waals surface area contributed by atoms with Gasteiger partial charge in [0.25, 0.3) is 0 Å². The van der Waals surface area contributed by atoms with E-state index in [2.05, 4.69) is 26.0 Å². The maximum atomic E-state index is 13.9. The fourth-order valence-electron chi connectivity index (χ4n) is 1.85.